The number of carbonyl (C=O) groups is 1. The predicted molar refractivity (Wildman–Crippen MR) is 97.5 cm³/mol. The molecular weight excluding hydrogens is 347 g/mol. The van der Waals surface area contributed by atoms with Crippen molar-refractivity contribution in [2.24, 2.45) is 0 Å². The quantitative estimate of drug-likeness (QED) is 0.775. The van der Waals surface area contributed by atoms with Crippen LogP contribution in [0.5, 0.6) is 0 Å². The summed E-state index contributed by atoms with van der Waals surface area (Å²) in [5.74, 6) is 3.14. The van der Waals surface area contributed by atoms with E-state index in [1.807, 2.05) is 30.0 Å². The minimum atomic E-state index is 0. The molecule has 2 rings (SSSR count). The van der Waals surface area contributed by atoms with Gasteiger partial charge in [-0.1, -0.05) is 18.5 Å². The van der Waals surface area contributed by atoms with Gasteiger partial charge in [-0.3, -0.25) is 4.79 Å². The van der Waals surface area contributed by atoms with E-state index in [4.69, 9.17) is 11.6 Å². The Kier molecular flexibility index (Phi) is 8.90. The van der Waals surface area contributed by atoms with Crippen molar-refractivity contribution in [3.05, 3.63) is 23.2 Å². The second kappa shape index (κ2) is 9.85. The van der Waals surface area contributed by atoms with Crippen LogP contribution in [-0.2, 0) is 4.79 Å². The molecule has 21 heavy (non-hydrogen) atoms. The molecule has 0 saturated carbocycles. The lowest BCUT2D eigenvalue weighted by Crippen LogP contribution is -2.39. The number of amides is 1. The van der Waals surface area contributed by atoms with Gasteiger partial charge in [0.15, 0.2) is 0 Å². The van der Waals surface area contributed by atoms with Gasteiger partial charge in [0.25, 0.3) is 0 Å². The Labute approximate surface area is 145 Å². The number of rotatable bonds is 5. The standard InChI is InChI=1S/C14H19ClN2OS2.ClH/c1-2-20-13-4-3-10(15)7-12(13)17-14(18)8-11-9-19-6-5-16-11;/h3-4,7,11,16H,2,5-6,8-9H2,1H3,(H,17,18);1H. The van der Waals surface area contributed by atoms with E-state index in [1.54, 1.807) is 11.8 Å². The molecule has 1 aliphatic rings. The number of nitrogens with one attached hydrogen (secondary N) is 2. The van der Waals surface area contributed by atoms with Gasteiger partial charge in [0.2, 0.25) is 5.91 Å². The first-order valence-corrected chi connectivity index (χ1v) is 9.24. The van der Waals surface area contributed by atoms with Crippen molar-refractivity contribution in [2.45, 2.75) is 24.3 Å². The number of hydrogen-bond acceptors (Lipinski definition) is 4. The van der Waals surface area contributed by atoms with Crippen LogP contribution in [0.2, 0.25) is 5.02 Å². The molecule has 1 fully saturated rings. The minimum Gasteiger partial charge on any atom is -0.325 e. The molecule has 1 atom stereocenters. The Morgan fingerprint density at radius 2 is 2.38 bits per heavy atom. The van der Waals surface area contributed by atoms with E-state index in [-0.39, 0.29) is 24.4 Å². The average molecular weight is 367 g/mol. The first-order valence-electron chi connectivity index (χ1n) is 6.72. The average Bonchev–Trinajstić information content (AvgIpc) is 2.43. The summed E-state index contributed by atoms with van der Waals surface area (Å²) in [6.07, 6.45) is 0.510. The van der Waals surface area contributed by atoms with Crippen LogP contribution in [0, 0.1) is 0 Å². The summed E-state index contributed by atoms with van der Waals surface area (Å²) in [6, 6.07) is 5.91. The molecule has 0 aromatic heterocycles. The second-order valence-electron chi connectivity index (χ2n) is 4.55. The van der Waals surface area contributed by atoms with Gasteiger partial charge in [-0.05, 0) is 24.0 Å². The van der Waals surface area contributed by atoms with Crippen molar-refractivity contribution in [3.63, 3.8) is 0 Å². The molecule has 0 spiro atoms. The summed E-state index contributed by atoms with van der Waals surface area (Å²) in [5.41, 5.74) is 0.817. The van der Waals surface area contributed by atoms with Crippen LogP contribution in [0.3, 0.4) is 0 Å². The van der Waals surface area contributed by atoms with Gasteiger partial charge < -0.3 is 10.6 Å². The van der Waals surface area contributed by atoms with E-state index >= 15 is 0 Å². The summed E-state index contributed by atoms with van der Waals surface area (Å²) in [4.78, 5) is 13.2. The third-order valence-corrected chi connectivity index (χ3v) is 5.27. The maximum atomic E-state index is 12.1. The fourth-order valence-electron chi connectivity index (χ4n) is 2.06. The van der Waals surface area contributed by atoms with Gasteiger partial charge in [-0.25, -0.2) is 0 Å². The number of hydrogen-bond donors (Lipinski definition) is 2. The fourth-order valence-corrected chi connectivity index (χ4v) is 3.92. The van der Waals surface area contributed by atoms with Gasteiger partial charge in [0.1, 0.15) is 0 Å². The van der Waals surface area contributed by atoms with Crippen LogP contribution in [0.4, 0.5) is 5.69 Å². The molecule has 0 radical (unpaired) electrons. The monoisotopic (exact) mass is 366 g/mol. The molecule has 1 saturated heterocycles. The summed E-state index contributed by atoms with van der Waals surface area (Å²) in [5, 5.41) is 7.01. The molecule has 1 aromatic rings. The summed E-state index contributed by atoms with van der Waals surface area (Å²) >= 11 is 9.62. The number of halogens is 2. The molecule has 1 unspecified atom stereocenters. The third-order valence-electron chi connectivity index (χ3n) is 2.95. The third kappa shape index (κ3) is 6.28. The minimum absolute atomic E-state index is 0. The smallest absolute Gasteiger partial charge is 0.226 e. The molecule has 2 N–H and O–H groups in total. The maximum absolute atomic E-state index is 12.1. The predicted octanol–water partition coefficient (Wildman–Crippen LogP) is 3.91. The Morgan fingerprint density at radius 1 is 1.57 bits per heavy atom. The zero-order valence-electron chi connectivity index (χ0n) is 11.9. The lowest BCUT2D eigenvalue weighted by atomic mass is 10.2. The van der Waals surface area contributed by atoms with Gasteiger partial charge >= 0.3 is 0 Å². The maximum Gasteiger partial charge on any atom is 0.226 e. The SMILES string of the molecule is CCSc1ccc(Cl)cc1NC(=O)CC1CSCCN1.Cl. The van der Waals surface area contributed by atoms with Crippen molar-refractivity contribution in [1.29, 1.82) is 0 Å². The van der Waals surface area contributed by atoms with Crippen LogP contribution in [0.25, 0.3) is 0 Å². The molecule has 1 amide bonds. The largest absolute Gasteiger partial charge is 0.325 e. The Morgan fingerprint density at radius 3 is 3.05 bits per heavy atom. The summed E-state index contributed by atoms with van der Waals surface area (Å²) in [7, 11) is 0. The highest BCUT2D eigenvalue weighted by molar-refractivity contribution is 7.99. The summed E-state index contributed by atoms with van der Waals surface area (Å²) < 4.78 is 0. The number of anilines is 1. The lowest BCUT2D eigenvalue weighted by Gasteiger charge is -2.22. The molecule has 1 aromatic carbocycles. The molecule has 0 aliphatic carbocycles. The van der Waals surface area contributed by atoms with Crippen LogP contribution in [0.1, 0.15) is 13.3 Å². The van der Waals surface area contributed by atoms with E-state index in [0.717, 1.165) is 34.4 Å². The van der Waals surface area contributed by atoms with Crippen molar-refractivity contribution in [1.82, 2.24) is 5.32 Å². The molecule has 0 bridgehead atoms. The van der Waals surface area contributed by atoms with Crippen molar-refractivity contribution in [3.8, 4) is 0 Å². The van der Waals surface area contributed by atoms with Crippen LogP contribution in [-0.4, -0.2) is 35.8 Å². The van der Waals surface area contributed by atoms with Crippen molar-refractivity contribution >= 4 is 59.1 Å². The highest BCUT2D eigenvalue weighted by atomic mass is 35.5. The highest BCUT2D eigenvalue weighted by Crippen LogP contribution is 2.30. The number of benzene rings is 1. The zero-order valence-corrected chi connectivity index (χ0v) is 15.1. The first kappa shape index (κ1) is 19.0. The van der Waals surface area contributed by atoms with Crippen molar-refractivity contribution < 1.29 is 4.79 Å². The molecule has 1 heterocycles. The van der Waals surface area contributed by atoms with Gasteiger partial charge in [-0.15, -0.1) is 24.2 Å². The number of carbonyl (C=O) groups excluding carboxylic acids is 1. The van der Waals surface area contributed by atoms with Gasteiger partial charge in [0.05, 0.1) is 5.69 Å². The van der Waals surface area contributed by atoms with E-state index < -0.39 is 0 Å². The molecule has 3 nitrogen and oxygen atoms in total. The molecule has 7 heteroatoms. The Bertz CT molecular complexity index is 468. The molecule has 118 valence electrons. The fraction of sp³-hybridized carbons (Fsp3) is 0.500. The van der Waals surface area contributed by atoms with E-state index in [1.165, 1.54) is 0 Å². The zero-order chi connectivity index (χ0) is 14.4. The van der Waals surface area contributed by atoms with Crippen LogP contribution < -0.4 is 10.6 Å². The van der Waals surface area contributed by atoms with Crippen molar-refractivity contribution in [2.75, 3.05) is 29.1 Å². The molecular formula is C14H20Cl2N2OS2. The van der Waals surface area contributed by atoms with Crippen LogP contribution >= 0.6 is 47.5 Å². The Balaban J connectivity index is 0.00000220. The van der Waals surface area contributed by atoms with Gasteiger partial charge in [-0.2, -0.15) is 11.8 Å². The van der Waals surface area contributed by atoms with Gasteiger partial charge in [0, 0.05) is 40.4 Å². The second-order valence-corrected chi connectivity index (χ2v) is 7.44. The van der Waals surface area contributed by atoms with E-state index in [9.17, 15) is 4.79 Å². The van der Waals surface area contributed by atoms with E-state index in [2.05, 4.69) is 17.6 Å². The Hall–Kier alpha value is -0.0700. The first-order chi connectivity index (χ1) is 9.69. The van der Waals surface area contributed by atoms with Crippen LogP contribution in [0.15, 0.2) is 23.1 Å². The topological polar surface area (TPSA) is 41.1 Å². The normalized spacial score (nSPS) is 17.9. The molecule has 1 aliphatic heterocycles. The number of thioether (sulfide) groups is 2. The summed E-state index contributed by atoms with van der Waals surface area (Å²) in [6.45, 7) is 3.07. The van der Waals surface area contributed by atoms with E-state index in [0.29, 0.717) is 11.4 Å². The highest BCUT2D eigenvalue weighted by Gasteiger charge is 2.17. The lowest BCUT2D eigenvalue weighted by molar-refractivity contribution is -0.116.